The van der Waals surface area contributed by atoms with Crippen molar-refractivity contribution < 1.29 is 63.9 Å². The van der Waals surface area contributed by atoms with Crippen LogP contribution in [-0.2, 0) is 52.0 Å². The molecule has 23 nitrogen and oxygen atoms in total. The molecule has 4 N–H and O–H groups in total. The molecule has 0 radical (unpaired) electrons. The molecular formula is C81H94F2N11O12S2+. The number of carbonyl (C=O) groups excluding carboxylic acids is 6. The zero-order valence-electron chi connectivity index (χ0n) is 61.9. The van der Waals surface area contributed by atoms with E-state index in [-0.39, 0.29) is 78.8 Å². The molecular weight excluding hydrogens is 1420 g/mol. The summed E-state index contributed by atoms with van der Waals surface area (Å²) in [5.74, 6) is -3.57. The number of carbonyl (C=O) groups is 6. The molecule has 3 heterocycles. The number of aliphatic hydroxyl groups excluding tert-OH is 1. The Kier molecular flexibility index (Phi) is 27.1. The smallest absolute Gasteiger partial charge is 0.254 e. The fourth-order valence-electron chi connectivity index (χ4n) is 13.4. The lowest BCUT2D eigenvalue weighted by Crippen LogP contribution is -2.50. The molecule has 0 bridgehead atoms. The van der Waals surface area contributed by atoms with Crippen LogP contribution in [0.25, 0.3) is 33.4 Å². The van der Waals surface area contributed by atoms with Crippen LogP contribution in [-0.4, -0.2) is 170 Å². The molecule has 1 aromatic heterocycles. The summed E-state index contributed by atoms with van der Waals surface area (Å²) < 4.78 is 94.1. The van der Waals surface area contributed by atoms with Gasteiger partial charge >= 0.3 is 0 Å². The molecule has 7 aromatic rings. The largest absolute Gasteiger partial charge is 0.456 e. The third-order valence-electron chi connectivity index (χ3n) is 19.5. The second-order valence-corrected chi connectivity index (χ2v) is 31.1. The first-order valence-corrected chi connectivity index (χ1v) is 39.7. The fourth-order valence-corrected chi connectivity index (χ4v) is 16.3. The molecule has 10 rings (SSSR count). The molecule has 570 valence electrons. The highest BCUT2D eigenvalue weighted by Gasteiger charge is 2.34. The first-order valence-electron chi connectivity index (χ1n) is 36.7. The summed E-state index contributed by atoms with van der Waals surface area (Å²) in [7, 11) is -8.87. The predicted octanol–water partition coefficient (Wildman–Crippen LogP) is 9.85. The van der Waals surface area contributed by atoms with Crippen molar-refractivity contribution in [1.29, 1.82) is 0 Å². The number of nitrogens with one attached hydrogen (secondary N) is 3. The molecule has 2 aliphatic heterocycles. The third-order valence-corrected chi connectivity index (χ3v) is 23.1. The fraction of sp³-hybridized carbons (Fsp3) is 0.370. The molecule has 5 amide bonds. The van der Waals surface area contributed by atoms with Gasteiger partial charge in [-0.2, -0.15) is 4.31 Å². The maximum absolute atomic E-state index is 14.6. The summed E-state index contributed by atoms with van der Waals surface area (Å²) in [6.07, 6.45) is 1.68. The number of hydrogen-bond donors (Lipinski definition) is 4. The van der Waals surface area contributed by atoms with E-state index in [4.69, 9.17) is 4.42 Å². The number of benzene rings is 7. The average molecular weight is 1520 g/mol. The molecule has 3 aliphatic rings. The number of rotatable bonds is 34. The summed E-state index contributed by atoms with van der Waals surface area (Å²) in [6.45, 7) is 17.9. The van der Waals surface area contributed by atoms with Gasteiger partial charge in [-0.3, -0.25) is 28.8 Å². The van der Waals surface area contributed by atoms with Crippen LogP contribution in [0.2, 0.25) is 0 Å². The highest BCUT2D eigenvalue weighted by Crippen LogP contribution is 2.43. The van der Waals surface area contributed by atoms with E-state index < -0.39 is 77.8 Å². The van der Waals surface area contributed by atoms with Gasteiger partial charge in [-0.15, -0.1) is 5.10 Å². The van der Waals surface area contributed by atoms with Crippen LogP contribution in [0.15, 0.2) is 183 Å². The Morgan fingerprint density at radius 3 is 2.03 bits per heavy atom. The monoisotopic (exact) mass is 1510 g/mol. The number of fused-ring (bicyclic) bond motifs is 2. The Hall–Kier alpha value is -10.4. The predicted molar refractivity (Wildman–Crippen MR) is 408 cm³/mol. The van der Waals surface area contributed by atoms with Crippen molar-refractivity contribution in [2.75, 3.05) is 76.9 Å². The third kappa shape index (κ3) is 19.5. The number of aromatic nitrogens is 3. The van der Waals surface area contributed by atoms with Gasteiger partial charge in [0.15, 0.2) is 5.78 Å². The molecule has 1 aliphatic carbocycles. The van der Waals surface area contributed by atoms with Crippen molar-refractivity contribution in [3.8, 4) is 22.5 Å². The number of unbranched alkanes of at least 4 members (excludes halogenated alkanes) is 2. The summed E-state index contributed by atoms with van der Waals surface area (Å²) in [5, 5.41) is 30.4. The Morgan fingerprint density at radius 1 is 0.667 bits per heavy atom. The molecule has 6 aromatic carbocycles. The molecule has 3 atom stereocenters. The van der Waals surface area contributed by atoms with Crippen LogP contribution in [0.1, 0.15) is 131 Å². The first kappa shape index (κ1) is 80.2. The molecule has 27 heteroatoms. The van der Waals surface area contributed by atoms with Gasteiger partial charge in [0.1, 0.15) is 52.7 Å². The van der Waals surface area contributed by atoms with Gasteiger partial charge in [-0.1, -0.05) is 98.3 Å². The molecule has 0 saturated carbocycles. The summed E-state index contributed by atoms with van der Waals surface area (Å²) in [4.78, 5) is 86.4. The van der Waals surface area contributed by atoms with Gasteiger partial charge in [0.25, 0.3) is 5.91 Å². The number of ketones is 1. The number of halogens is 2. The van der Waals surface area contributed by atoms with E-state index in [1.54, 1.807) is 79.1 Å². The topological polar surface area (TPSA) is 287 Å². The minimum Gasteiger partial charge on any atom is -0.456 e. The normalized spacial score (nSPS) is 13.5. The Bertz CT molecular complexity index is 4960. The van der Waals surface area contributed by atoms with Gasteiger partial charge in [0.05, 0.1) is 40.7 Å². The molecule has 1 fully saturated rings. The maximum atomic E-state index is 14.6. The number of amides is 5. The highest BCUT2D eigenvalue weighted by atomic mass is 32.2. The van der Waals surface area contributed by atoms with E-state index in [2.05, 4.69) is 99.8 Å². The molecule has 0 spiro atoms. The van der Waals surface area contributed by atoms with Gasteiger partial charge in [0.2, 0.25) is 48.8 Å². The van der Waals surface area contributed by atoms with Crippen molar-refractivity contribution in [3.63, 3.8) is 0 Å². The zero-order chi connectivity index (χ0) is 77.4. The van der Waals surface area contributed by atoms with E-state index in [1.807, 2.05) is 30.3 Å². The lowest BCUT2D eigenvalue weighted by molar-refractivity contribution is -0.134. The standard InChI is InChI=1S/C81H93F2N11O12S2/c1-8-89(9-2)61-30-36-67-72(48-61)106-73-49-62(90(10-3)11-4)31-37-68(73)78(67)65-22-17-18-23-66(65)81(101)92-44-42-91(43-45-92)77(98)40-39-75(96)84-41-19-13-16-24-76(97)86-70(46-56-25-27-58(28-26-56)79(99)57-20-14-12-15-21-57)80(100)85-50-60-52-94(88-87-60)55(7)71(95)53-93(51-54(5)6)108(104,105)64-34-32-63(33-35-64)107(102,103)74-38-29-59(82)47-69(74)83/h12,14-15,17-18,20-23,25-38,47-49,52,54-55,70-71,95H,8-11,13,16,19,24,39-46,50-51,53H2,1-7H3,(H2-,84,85,86,96,97,100)/p+1/t55-,70-,71?/m0/s1. The molecule has 1 saturated heterocycles. The van der Waals surface area contributed by atoms with Gasteiger partial charge in [-0.05, 0) is 125 Å². The summed E-state index contributed by atoms with van der Waals surface area (Å²) in [6, 6.07) is 39.9. The summed E-state index contributed by atoms with van der Waals surface area (Å²) in [5.41, 5.74) is 6.73. The van der Waals surface area contributed by atoms with Crippen molar-refractivity contribution >= 4 is 71.8 Å². The van der Waals surface area contributed by atoms with Crippen molar-refractivity contribution in [1.82, 2.24) is 49.6 Å². The number of nitrogens with zero attached hydrogens (tertiary/aromatic N) is 8. The number of hydrogen-bond acceptors (Lipinski definition) is 15. The van der Waals surface area contributed by atoms with E-state index in [9.17, 15) is 59.5 Å². The Balaban J connectivity index is 0.696. The number of sulfone groups is 1. The van der Waals surface area contributed by atoms with E-state index in [0.717, 1.165) is 100 Å². The van der Waals surface area contributed by atoms with E-state index >= 15 is 0 Å². The average Bonchev–Trinajstić information content (AvgIpc) is 0.885. The van der Waals surface area contributed by atoms with Gasteiger partial charge in [0, 0.05) is 142 Å². The maximum Gasteiger partial charge on any atom is 0.254 e. The van der Waals surface area contributed by atoms with Crippen LogP contribution in [0.3, 0.4) is 0 Å². The number of sulfonamides is 1. The van der Waals surface area contributed by atoms with Crippen LogP contribution < -0.4 is 30.8 Å². The minimum atomic E-state index is -4.50. The van der Waals surface area contributed by atoms with Crippen molar-refractivity contribution in [3.05, 3.63) is 209 Å². The quantitative estimate of drug-likeness (QED) is 0.00959. The molecule has 1 unspecified atom stereocenters. The minimum absolute atomic E-state index is 0.00734. The van der Waals surface area contributed by atoms with E-state index in [0.29, 0.717) is 91.6 Å². The van der Waals surface area contributed by atoms with Crippen molar-refractivity contribution in [2.45, 2.75) is 133 Å². The van der Waals surface area contributed by atoms with E-state index in [1.165, 1.54) is 10.9 Å². The second-order valence-electron chi connectivity index (χ2n) is 27.3. The lowest BCUT2D eigenvalue weighted by Gasteiger charge is -2.35. The van der Waals surface area contributed by atoms with Crippen molar-refractivity contribution in [2.24, 2.45) is 5.92 Å². The number of aliphatic hydroxyl groups is 1. The second kappa shape index (κ2) is 36.5. The lowest BCUT2D eigenvalue weighted by atomic mass is 9.90. The van der Waals surface area contributed by atoms with Gasteiger partial charge < -0.3 is 40.2 Å². The first-order chi connectivity index (χ1) is 51.8. The summed E-state index contributed by atoms with van der Waals surface area (Å²) >= 11 is 0. The SMILES string of the molecule is CCN(CC)c1ccc2c(-c3ccccc3C(=O)N3CCN(C(=O)CCC(=O)NCCCCCC(=O)N[C@@H](Cc4ccc(C(=O)c5ccccc5)cc4)C(=O)NCc4cn([C@@H](C)C(O)CN(CC(C)C)S(=O)(=O)c5ccc(S(=O)(=O)c6ccc(F)cc6F)cc5)nn4)CC3)c3ccc(=[N+](CC)CC)cc-3oc2c1. The van der Waals surface area contributed by atoms with Crippen LogP contribution in [0.4, 0.5) is 14.5 Å². The molecule has 108 heavy (non-hydrogen) atoms. The van der Waals surface area contributed by atoms with Gasteiger partial charge in [-0.25, -0.2) is 34.9 Å². The zero-order valence-corrected chi connectivity index (χ0v) is 63.6. The highest BCUT2D eigenvalue weighted by molar-refractivity contribution is 7.91. The number of anilines is 1. The van der Waals surface area contributed by atoms with Crippen LogP contribution in [0, 0.1) is 17.6 Å². The van der Waals surface area contributed by atoms with Crippen LogP contribution in [0.5, 0.6) is 0 Å². The van der Waals surface area contributed by atoms with Crippen LogP contribution >= 0.6 is 0 Å². The number of piperazine rings is 1. The Labute approximate surface area is 628 Å². The Morgan fingerprint density at radius 2 is 1.34 bits per heavy atom.